The van der Waals surface area contributed by atoms with E-state index in [0.717, 1.165) is 48.9 Å². The molecule has 0 aliphatic carbocycles. The van der Waals surface area contributed by atoms with E-state index in [9.17, 15) is 9.59 Å². The summed E-state index contributed by atoms with van der Waals surface area (Å²) in [4.78, 5) is 29.2. The van der Waals surface area contributed by atoms with Gasteiger partial charge in [0.1, 0.15) is 5.57 Å². The van der Waals surface area contributed by atoms with Crippen LogP contribution in [-0.2, 0) is 19.1 Å². The van der Waals surface area contributed by atoms with Gasteiger partial charge in [0.2, 0.25) is 0 Å². The van der Waals surface area contributed by atoms with E-state index < -0.39 is 11.8 Å². The lowest BCUT2D eigenvalue weighted by Crippen LogP contribution is -2.54. The van der Waals surface area contributed by atoms with Gasteiger partial charge in [0.25, 0.3) is 11.8 Å². The van der Waals surface area contributed by atoms with E-state index >= 15 is 0 Å². The molecule has 2 fully saturated rings. The number of thiocarbonyl (C=S) groups is 1. The average molecular weight is 469 g/mol. The van der Waals surface area contributed by atoms with Crippen molar-refractivity contribution >= 4 is 40.9 Å². The Morgan fingerprint density at radius 2 is 1.79 bits per heavy atom. The number of rotatable bonds is 6. The molecule has 2 aliphatic heterocycles. The lowest BCUT2D eigenvalue weighted by atomic mass is 10.1. The van der Waals surface area contributed by atoms with Crippen molar-refractivity contribution in [2.24, 2.45) is 0 Å². The molecule has 0 saturated carbocycles. The number of morpholine rings is 1. The molecule has 9 heteroatoms. The third-order valence-corrected chi connectivity index (χ3v) is 6.28. The first kappa shape index (κ1) is 23.2. The van der Waals surface area contributed by atoms with Crippen molar-refractivity contribution in [2.75, 3.05) is 51.5 Å². The van der Waals surface area contributed by atoms with Crippen molar-refractivity contribution in [3.63, 3.8) is 0 Å². The summed E-state index contributed by atoms with van der Waals surface area (Å²) in [6.45, 7) is 7.86. The third kappa shape index (κ3) is 4.71. The van der Waals surface area contributed by atoms with Crippen LogP contribution < -0.4 is 10.2 Å². The zero-order valence-electron chi connectivity index (χ0n) is 19.1. The van der Waals surface area contributed by atoms with Crippen molar-refractivity contribution in [1.82, 2.24) is 14.8 Å². The van der Waals surface area contributed by atoms with Crippen molar-refractivity contribution in [3.8, 4) is 5.69 Å². The van der Waals surface area contributed by atoms with Crippen LogP contribution in [0, 0.1) is 13.8 Å². The maximum atomic E-state index is 13.0. The van der Waals surface area contributed by atoms with Crippen LogP contribution in [0.2, 0.25) is 0 Å². The second-order valence-corrected chi connectivity index (χ2v) is 8.43. The minimum absolute atomic E-state index is 0.0580. The largest absolute Gasteiger partial charge is 0.383 e. The Hall–Kier alpha value is -3.01. The molecule has 0 atom stereocenters. The number of nitrogens with one attached hydrogen (secondary N) is 1. The molecule has 3 heterocycles. The number of hydrogen-bond donors (Lipinski definition) is 1. The first-order valence-electron chi connectivity index (χ1n) is 10.9. The van der Waals surface area contributed by atoms with Crippen LogP contribution in [0.1, 0.15) is 17.0 Å². The fourth-order valence-corrected chi connectivity index (χ4v) is 4.47. The number of anilines is 1. The Bertz CT molecular complexity index is 1100. The van der Waals surface area contributed by atoms with Gasteiger partial charge in [0, 0.05) is 43.0 Å². The monoisotopic (exact) mass is 468 g/mol. The Morgan fingerprint density at radius 1 is 1.12 bits per heavy atom. The number of carbonyl (C=O) groups excluding carboxylic acids is 2. The SMILES string of the molecule is COCCN1C(=O)C(=Cc2cc(C)n(-c3ccc(N4CCOCC4)cc3)c2C)C(=O)NC1=S. The standard InChI is InChI=1S/C24H28N4O4S/c1-16-14-18(15-21-22(29)25-24(33)27(23(21)30)10-11-31-3)17(2)28(16)20-6-4-19(5-7-20)26-8-12-32-13-9-26/h4-7,14-15H,8-13H2,1-3H3,(H,25,29,33). The number of ether oxygens (including phenoxy) is 2. The van der Waals surface area contributed by atoms with Crippen LogP contribution in [0.4, 0.5) is 5.69 Å². The van der Waals surface area contributed by atoms with E-state index in [1.54, 1.807) is 13.2 Å². The molecule has 0 radical (unpaired) electrons. The topological polar surface area (TPSA) is 76.0 Å². The summed E-state index contributed by atoms with van der Waals surface area (Å²) in [5, 5.41) is 2.70. The van der Waals surface area contributed by atoms with Gasteiger partial charge in [-0.05, 0) is 68.0 Å². The van der Waals surface area contributed by atoms with Gasteiger partial charge in [-0.3, -0.25) is 19.8 Å². The first-order chi connectivity index (χ1) is 15.9. The van der Waals surface area contributed by atoms with Crippen molar-refractivity contribution in [1.29, 1.82) is 0 Å². The first-order valence-corrected chi connectivity index (χ1v) is 11.3. The van der Waals surface area contributed by atoms with E-state index in [1.807, 2.05) is 19.9 Å². The molecule has 0 unspecified atom stereocenters. The molecule has 174 valence electrons. The summed E-state index contributed by atoms with van der Waals surface area (Å²) < 4.78 is 12.6. The highest BCUT2D eigenvalue weighted by Crippen LogP contribution is 2.26. The highest BCUT2D eigenvalue weighted by Gasteiger charge is 2.33. The van der Waals surface area contributed by atoms with Gasteiger partial charge in [-0.2, -0.15) is 0 Å². The second kappa shape index (κ2) is 9.86. The number of nitrogens with zero attached hydrogens (tertiary/aromatic N) is 3. The van der Waals surface area contributed by atoms with Crippen LogP contribution in [0.25, 0.3) is 11.8 Å². The maximum Gasteiger partial charge on any atom is 0.265 e. The van der Waals surface area contributed by atoms with Crippen LogP contribution in [0.5, 0.6) is 0 Å². The molecule has 0 bridgehead atoms. The second-order valence-electron chi connectivity index (χ2n) is 8.04. The van der Waals surface area contributed by atoms with Crippen molar-refractivity contribution in [2.45, 2.75) is 13.8 Å². The number of aryl methyl sites for hydroxylation is 1. The zero-order valence-corrected chi connectivity index (χ0v) is 19.9. The number of amides is 2. The van der Waals surface area contributed by atoms with E-state index in [1.165, 1.54) is 10.6 Å². The number of hydrogen-bond acceptors (Lipinski definition) is 6. The third-order valence-electron chi connectivity index (χ3n) is 5.96. The van der Waals surface area contributed by atoms with E-state index in [0.29, 0.717) is 6.61 Å². The Kier molecular flexibility index (Phi) is 6.92. The molecule has 1 aromatic carbocycles. The molecule has 2 aliphatic rings. The Balaban J connectivity index is 1.62. The van der Waals surface area contributed by atoms with Crippen molar-refractivity contribution in [3.05, 3.63) is 52.9 Å². The zero-order chi connectivity index (χ0) is 23.5. The number of aromatic nitrogens is 1. The molecule has 1 N–H and O–H groups in total. The van der Waals surface area contributed by atoms with Crippen molar-refractivity contribution < 1.29 is 19.1 Å². The molecule has 4 rings (SSSR count). The highest BCUT2D eigenvalue weighted by molar-refractivity contribution is 7.80. The normalized spacial score (nSPS) is 18.3. The lowest BCUT2D eigenvalue weighted by molar-refractivity contribution is -0.129. The molecular formula is C24H28N4O4S. The van der Waals surface area contributed by atoms with Crippen LogP contribution in [-0.4, -0.2) is 73.0 Å². The summed E-state index contributed by atoms with van der Waals surface area (Å²) in [7, 11) is 1.55. The molecular weight excluding hydrogens is 440 g/mol. The van der Waals surface area contributed by atoms with E-state index in [2.05, 4.69) is 39.0 Å². The summed E-state index contributed by atoms with van der Waals surface area (Å²) in [5.41, 5.74) is 5.01. The molecule has 2 aromatic rings. The fourth-order valence-electron chi connectivity index (χ4n) is 4.20. The average Bonchev–Trinajstić information content (AvgIpc) is 3.10. The predicted molar refractivity (Wildman–Crippen MR) is 131 cm³/mol. The van der Waals surface area contributed by atoms with Gasteiger partial charge in [0.05, 0.1) is 26.4 Å². The molecule has 33 heavy (non-hydrogen) atoms. The summed E-state index contributed by atoms with van der Waals surface area (Å²) in [5.74, 6) is -0.904. The van der Waals surface area contributed by atoms with Gasteiger partial charge in [0.15, 0.2) is 5.11 Å². The minimum atomic E-state index is -0.488. The smallest absolute Gasteiger partial charge is 0.265 e. The van der Waals surface area contributed by atoms with Crippen LogP contribution >= 0.6 is 12.2 Å². The minimum Gasteiger partial charge on any atom is -0.383 e. The fraction of sp³-hybridized carbons (Fsp3) is 0.375. The van der Waals surface area contributed by atoms with Gasteiger partial charge in [-0.25, -0.2) is 0 Å². The summed E-state index contributed by atoms with van der Waals surface area (Å²) >= 11 is 5.16. The number of methoxy groups -OCH3 is 1. The highest BCUT2D eigenvalue weighted by atomic mass is 32.1. The summed E-state index contributed by atoms with van der Waals surface area (Å²) in [6.07, 6.45) is 1.64. The predicted octanol–water partition coefficient (Wildman–Crippen LogP) is 2.20. The van der Waals surface area contributed by atoms with E-state index in [4.69, 9.17) is 21.7 Å². The van der Waals surface area contributed by atoms with E-state index in [-0.39, 0.29) is 17.2 Å². The molecule has 8 nitrogen and oxygen atoms in total. The van der Waals surface area contributed by atoms with Gasteiger partial charge < -0.3 is 18.9 Å². The Labute approximate surface area is 198 Å². The van der Waals surface area contributed by atoms with Gasteiger partial charge in [-0.15, -0.1) is 0 Å². The molecule has 0 spiro atoms. The van der Waals surface area contributed by atoms with Crippen LogP contribution in [0.15, 0.2) is 35.9 Å². The Morgan fingerprint density at radius 3 is 2.45 bits per heavy atom. The quantitative estimate of drug-likeness (QED) is 0.398. The molecule has 2 saturated heterocycles. The summed E-state index contributed by atoms with van der Waals surface area (Å²) in [6, 6.07) is 10.4. The molecule has 2 amide bonds. The number of benzene rings is 1. The maximum absolute atomic E-state index is 13.0. The molecule has 1 aromatic heterocycles. The van der Waals surface area contributed by atoms with Crippen LogP contribution in [0.3, 0.4) is 0 Å². The number of carbonyl (C=O) groups is 2. The lowest BCUT2D eigenvalue weighted by Gasteiger charge is -2.29. The van der Waals surface area contributed by atoms with Gasteiger partial charge >= 0.3 is 0 Å². The van der Waals surface area contributed by atoms with Gasteiger partial charge in [-0.1, -0.05) is 0 Å².